The van der Waals surface area contributed by atoms with Crippen LogP contribution in [0, 0.1) is 0 Å². The van der Waals surface area contributed by atoms with E-state index < -0.39 is 0 Å². The number of carbonyl (C=O) groups excluding carboxylic acids is 1. The normalized spacial score (nSPS) is 12.1. The van der Waals surface area contributed by atoms with E-state index in [1.165, 1.54) is 15.4 Å². The quantitative estimate of drug-likeness (QED) is 0.433. The number of amides is 1. The van der Waals surface area contributed by atoms with Crippen LogP contribution in [0.1, 0.15) is 26.0 Å². The number of carbonyl (C=O) groups is 1. The second-order valence-corrected chi connectivity index (χ2v) is 8.63. The van der Waals surface area contributed by atoms with Gasteiger partial charge in [0.05, 0.1) is 28.9 Å². The molecule has 0 fully saturated rings. The Labute approximate surface area is 194 Å². The summed E-state index contributed by atoms with van der Waals surface area (Å²) in [6.45, 7) is 4.48. The number of benzene rings is 1. The maximum absolute atomic E-state index is 12.9. The summed E-state index contributed by atoms with van der Waals surface area (Å²) in [6, 6.07) is 14.0. The van der Waals surface area contributed by atoms with Gasteiger partial charge in [-0.25, -0.2) is 9.36 Å². The van der Waals surface area contributed by atoms with E-state index in [0.29, 0.717) is 29.4 Å². The highest BCUT2D eigenvalue weighted by atomic mass is 32.1. The molecule has 33 heavy (non-hydrogen) atoms. The molecule has 1 atom stereocenters. The number of nitrogens with one attached hydrogen (secondary N) is 1. The topological polar surface area (TPSA) is 98.9 Å². The Morgan fingerprint density at radius 1 is 1.00 bits per heavy atom. The van der Waals surface area contributed by atoms with E-state index in [1.54, 1.807) is 29.5 Å². The van der Waals surface area contributed by atoms with Gasteiger partial charge in [0.15, 0.2) is 0 Å². The van der Waals surface area contributed by atoms with Crippen LogP contribution < -0.4 is 16.4 Å². The summed E-state index contributed by atoms with van der Waals surface area (Å²) in [7, 11) is 0. The van der Waals surface area contributed by atoms with Crippen LogP contribution in [0.25, 0.3) is 21.3 Å². The van der Waals surface area contributed by atoms with Crippen LogP contribution in [0.3, 0.4) is 0 Å². The number of rotatable bonds is 8. The maximum atomic E-state index is 12.9. The first-order valence-electron chi connectivity index (χ1n) is 10.9. The minimum atomic E-state index is -0.273. The second kappa shape index (κ2) is 9.91. The Kier molecular flexibility index (Phi) is 6.79. The van der Waals surface area contributed by atoms with Crippen LogP contribution in [0.2, 0.25) is 0 Å². The number of hydrogen-bond acceptors (Lipinski definition) is 6. The lowest BCUT2D eigenvalue weighted by atomic mass is 10.1. The van der Waals surface area contributed by atoms with Crippen LogP contribution in [0.15, 0.2) is 63.5 Å². The van der Waals surface area contributed by atoms with Crippen LogP contribution >= 0.6 is 11.3 Å². The molecule has 170 valence electrons. The molecule has 3 aromatic heterocycles. The Morgan fingerprint density at radius 2 is 1.79 bits per heavy atom. The molecule has 8 nitrogen and oxygen atoms in total. The molecule has 1 amide bonds. The predicted octanol–water partition coefficient (Wildman–Crippen LogP) is 2.84. The van der Waals surface area contributed by atoms with Crippen LogP contribution in [0.4, 0.5) is 0 Å². The van der Waals surface area contributed by atoms with Crippen molar-refractivity contribution in [2.45, 2.75) is 45.8 Å². The zero-order chi connectivity index (χ0) is 23.4. The Morgan fingerprint density at radius 3 is 2.48 bits per heavy atom. The van der Waals surface area contributed by atoms with Gasteiger partial charge in [-0.15, -0.1) is 11.3 Å². The molecular formula is C24H25N5O3S. The molecule has 9 heteroatoms. The molecule has 4 rings (SSSR count). The monoisotopic (exact) mass is 463 g/mol. The highest BCUT2D eigenvalue weighted by molar-refractivity contribution is 7.13. The fourth-order valence-electron chi connectivity index (χ4n) is 3.70. The predicted molar refractivity (Wildman–Crippen MR) is 129 cm³/mol. The molecule has 0 spiro atoms. The molecule has 0 radical (unpaired) electrons. The van der Waals surface area contributed by atoms with E-state index in [1.807, 2.05) is 43.5 Å². The molecular weight excluding hydrogens is 438 g/mol. The minimum Gasteiger partial charge on any atom is -0.351 e. The Bertz CT molecular complexity index is 1390. The molecule has 0 aliphatic carbocycles. The molecule has 0 bridgehead atoms. The SMILES string of the molecule is CC[C@H](Cn1nc(-c2cccs2)ccc1=O)NC(=O)Cc1nn(CC)c(=O)c2ccccc12. The highest BCUT2D eigenvalue weighted by Gasteiger charge is 2.17. The van der Waals surface area contributed by atoms with Gasteiger partial charge in [-0.1, -0.05) is 31.2 Å². The fourth-order valence-corrected chi connectivity index (χ4v) is 4.39. The number of thiophene rings is 1. The Balaban J connectivity index is 1.53. The van der Waals surface area contributed by atoms with Gasteiger partial charge in [0.1, 0.15) is 5.69 Å². The van der Waals surface area contributed by atoms with E-state index >= 15 is 0 Å². The molecule has 4 aromatic rings. The summed E-state index contributed by atoms with van der Waals surface area (Å²) in [6.07, 6.45) is 0.667. The first-order chi connectivity index (χ1) is 16.0. The molecule has 1 N–H and O–H groups in total. The largest absolute Gasteiger partial charge is 0.351 e. The second-order valence-electron chi connectivity index (χ2n) is 7.68. The number of nitrogens with zero attached hydrogens (tertiary/aromatic N) is 4. The van der Waals surface area contributed by atoms with Gasteiger partial charge < -0.3 is 5.32 Å². The van der Waals surface area contributed by atoms with Crippen molar-refractivity contribution in [3.8, 4) is 10.6 Å². The van der Waals surface area contributed by atoms with Crippen molar-refractivity contribution in [1.82, 2.24) is 24.9 Å². The van der Waals surface area contributed by atoms with E-state index in [-0.39, 0.29) is 36.0 Å². The van der Waals surface area contributed by atoms with Crippen LogP contribution in [-0.4, -0.2) is 31.5 Å². The van der Waals surface area contributed by atoms with Gasteiger partial charge in [-0.3, -0.25) is 14.4 Å². The van der Waals surface area contributed by atoms with Crippen molar-refractivity contribution in [2.75, 3.05) is 0 Å². The minimum absolute atomic E-state index is 0.0366. The zero-order valence-corrected chi connectivity index (χ0v) is 19.3. The third-order valence-corrected chi connectivity index (χ3v) is 6.36. The lowest BCUT2D eigenvalue weighted by molar-refractivity contribution is -0.121. The molecule has 0 aliphatic heterocycles. The molecule has 0 aliphatic rings. The number of aromatic nitrogens is 4. The van der Waals surface area contributed by atoms with Crippen molar-refractivity contribution in [1.29, 1.82) is 0 Å². The number of aryl methyl sites for hydroxylation is 1. The average molecular weight is 464 g/mol. The first-order valence-corrected chi connectivity index (χ1v) is 11.8. The molecule has 0 saturated carbocycles. The summed E-state index contributed by atoms with van der Waals surface area (Å²) in [4.78, 5) is 38.8. The van der Waals surface area contributed by atoms with Crippen LogP contribution in [0.5, 0.6) is 0 Å². The van der Waals surface area contributed by atoms with Gasteiger partial charge in [0.2, 0.25) is 5.91 Å². The van der Waals surface area contributed by atoms with Crippen molar-refractivity contribution in [3.05, 3.63) is 80.3 Å². The number of fused-ring (bicyclic) bond motifs is 1. The lowest BCUT2D eigenvalue weighted by Gasteiger charge is -2.18. The van der Waals surface area contributed by atoms with Gasteiger partial charge in [-0.2, -0.15) is 10.2 Å². The molecule has 3 heterocycles. The molecule has 1 aromatic carbocycles. The van der Waals surface area contributed by atoms with Gasteiger partial charge in [0, 0.05) is 24.0 Å². The van der Waals surface area contributed by atoms with Crippen molar-refractivity contribution < 1.29 is 4.79 Å². The fraction of sp³-hybridized carbons (Fsp3) is 0.292. The van der Waals surface area contributed by atoms with Gasteiger partial charge >= 0.3 is 0 Å². The average Bonchev–Trinajstić information content (AvgIpc) is 3.37. The van der Waals surface area contributed by atoms with Gasteiger partial charge in [-0.05, 0) is 36.9 Å². The Hall–Kier alpha value is -3.59. The van der Waals surface area contributed by atoms with Crippen molar-refractivity contribution >= 4 is 28.0 Å². The zero-order valence-electron chi connectivity index (χ0n) is 18.5. The van der Waals surface area contributed by atoms with E-state index in [4.69, 9.17) is 0 Å². The first kappa shape index (κ1) is 22.6. The third-order valence-electron chi connectivity index (χ3n) is 5.46. The molecule has 0 saturated heterocycles. The smallest absolute Gasteiger partial charge is 0.274 e. The summed E-state index contributed by atoms with van der Waals surface area (Å²) in [5.41, 5.74) is 0.892. The maximum Gasteiger partial charge on any atom is 0.274 e. The summed E-state index contributed by atoms with van der Waals surface area (Å²) >= 11 is 1.55. The van der Waals surface area contributed by atoms with E-state index in [2.05, 4.69) is 15.5 Å². The summed E-state index contributed by atoms with van der Waals surface area (Å²) < 4.78 is 2.77. The highest BCUT2D eigenvalue weighted by Crippen LogP contribution is 2.21. The van der Waals surface area contributed by atoms with E-state index in [0.717, 1.165) is 10.6 Å². The number of hydrogen-bond donors (Lipinski definition) is 1. The summed E-state index contributed by atoms with van der Waals surface area (Å²) in [5.74, 6) is -0.219. The van der Waals surface area contributed by atoms with Crippen molar-refractivity contribution in [3.63, 3.8) is 0 Å². The standard InChI is InChI=1S/C24H25N5O3S/c1-3-16(15-29-23(31)12-11-19(26-29)21-10-7-13-33-21)25-22(30)14-20-17-8-5-6-9-18(17)24(32)28(4-2)27-20/h5-13,16H,3-4,14-15H2,1-2H3,(H,25,30)/t16-/m1/s1. The third kappa shape index (κ3) is 4.93. The van der Waals surface area contributed by atoms with Crippen molar-refractivity contribution in [2.24, 2.45) is 0 Å². The summed E-state index contributed by atoms with van der Waals surface area (Å²) in [5, 5.41) is 15.1. The lowest BCUT2D eigenvalue weighted by Crippen LogP contribution is -2.41. The van der Waals surface area contributed by atoms with E-state index in [9.17, 15) is 14.4 Å². The molecule has 0 unspecified atom stereocenters. The van der Waals surface area contributed by atoms with Gasteiger partial charge in [0.25, 0.3) is 11.1 Å². The van der Waals surface area contributed by atoms with Crippen LogP contribution in [-0.2, 0) is 24.3 Å².